The largest absolute Gasteiger partial charge is 0.310 e. The molecule has 0 aliphatic heterocycles. The highest BCUT2D eigenvalue weighted by atomic mass is 15.1. The van der Waals surface area contributed by atoms with Crippen LogP contribution in [0.25, 0.3) is 67.5 Å². The van der Waals surface area contributed by atoms with Gasteiger partial charge in [-0.2, -0.15) is 0 Å². The number of hydrogen-bond acceptors (Lipinski definition) is 4. The molecular formula is C66H50N4. The normalized spacial score (nSPS) is 12.0. The summed E-state index contributed by atoms with van der Waals surface area (Å²) in [6.45, 7) is 4.00. The molecule has 1 aliphatic rings. The SMILES string of the molecule is CC.c1ccc(-c2ccc(N(c3ccc(-c4ccccc4-c4nc(-c5ccccc5)nc(-c5ccccc5)n4)cc3)c3ccc4c(c3)-c3ccccc3C4(c3ccccc3)c3ccccc3)cc2)cc1. The predicted molar refractivity (Wildman–Crippen MR) is 290 cm³/mol. The Balaban J connectivity index is 0.00000263. The van der Waals surface area contributed by atoms with E-state index in [1.54, 1.807) is 0 Å². The van der Waals surface area contributed by atoms with Gasteiger partial charge in [0, 0.05) is 33.8 Å². The van der Waals surface area contributed by atoms with E-state index >= 15 is 0 Å². The van der Waals surface area contributed by atoms with Crippen LogP contribution >= 0.6 is 0 Å². The molecule has 0 unspecified atom stereocenters. The minimum atomic E-state index is -0.480. The molecule has 0 N–H and O–H groups in total. The van der Waals surface area contributed by atoms with Gasteiger partial charge in [-0.15, -0.1) is 0 Å². The molecule has 0 fully saturated rings. The van der Waals surface area contributed by atoms with Crippen molar-refractivity contribution in [3.05, 3.63) is 289 Å². The van der Waals surface area contributed by atoms with Crippen molar-refractivity contribution in [1.82, 2.24) is 15.0 Å². The van der Waals surface area contributed by atoms with Gasteiger partial charge in [-0.1, -0.05) is 244 Å². The fourth-order valence-corrected chi connectivity index (χ4v) is 10.1. The van der Waals surface area contributed by atoms with E-state index in [9.17, 15) is 0 Å². The standard InChI is InChI=1S/C64H44N4.C2H6/c1-6-20-45(21-7-1)46-34-38-52(39-35-46)68(54-42-43-60-58(44-54)56-31-18-19-33-59(56)64(60,50-26-12-4-13-27-50)51-28-14-5-15-29-51)53-40-36-47(37-41-53)55-30-16-17-32-57(55)63-66-61(48-22-8-2-9-23-48)65-62(67-63)49-24-10-3-11-25-49;1-2/h1-44H;1-2H3. The smallest absolute Gasteiger partial charge is 0.164 e. The highest BCUT2D eigenvalue weighted by Gasteiger charge is 2.46. The first-order valence-electron chi connectivity index (χ1n) is 24.1. The lowest BCUT2D eigenvalue weighted by Crippen LogP contribution is -2.28. The molecule has 0 saturated heterocycles. The lowest BCUT2D eigenvalue weighted by molar-refractivity contribution is 0.768. The average molecular weight is 899 g/mol. The summed E-state index contributed by atoms with van der Waals surface area (Å²) in [4.78, 5) is 17.5. The second-order valence-electron chi connectivity index (χ2n) is 17.1. The summed E-state index contributed by atoms with van der Waals surface area (Å²) in [6, 6.07) is 95.0. The van der Waals surface area contributed by atoms with Crippen LogP contribution in [0.1, 0.15) is 36.1 Å². The second-order valence-corrected chi connectivity index (χ2v) is 17.1. The molecule has 12 rings (SSSR count). The first-order valence-corrected chi connectivity index (χ1v) is 24.1. The summed E-state index contributed by atoms with van der Waals surface area (Å²) >= 11 is 0. The van der Waals surface area contributed by atoms with E-state index in [1.807, 2.05) is 74.5 Å². The maximum Gasteiger partial charge on any atom is 0.164 e. The topological polar surface area (TPSA) is 41.9 Å². The predicted octanol–water partition coefficient (Wildman–Crippen LogP) is 17.1. The summed E-state index contributed by atoms with van der Waals surface area (Å²) in [5.41, 5.74) is 17.5. The van der Waals surface area contributed by atoms with Crippen molar-refractivity contribution >= 4 is 17.1 Å². The molecule has 70 heavy (non-hydrogen) atoms. The van der Waals surface area contributed by atoms with E-state index in [0.717, 1.165) is 44.9 Å². The van der Waals surface area contributed by atoms with E-state index in [0.29, 0.717) is 17.5 Å². The molecule has 10 aromatic carbocycles. The van der Waals surface area contributed by atoms with E-state index in [-0.39, 0.29) is 0 Å². The first kappa shape index (κ1) is 43.6. The highest BCUT2D eigenvalue weighted by Crippen LogP contribution is 2.57. The van der Waals surface area contributed by atoms with E-state index in [4.69, 9.17) is 15.0 Å². The van der Waals surface area contributed by atoms with Gasteiger partial charge >= 0.3 is 0 Å². The number of anilines is 3. The van der Waals surface area contributed by atoms with E-state index in [2.05, 4.69) is 211 Å². The van der Waals surface area contributed by atoms with E-state index in [1.165, 1.54) is 44.5 Å². The molecule has 334 valence electrons. The maximum atomic E-state index is 5.10. The van der Waals surface area contributed by atoms with Gasteiger partial charge in [0.2, 0.25) is 0 Å². The Labute approximate surface area is 411 Å². The van der Waals surface area contributed by atoms with Gasteiger partial charge in [0.25, 0.3) is 0 Å². The van der Waals surface area contributed by atoms with Crippen LogP contribution in [0, 0.1) is 0 Å². The molecule has 0 saturated carbocycles. The summed E-state index contributed by atoms with van der Waals surface area (Å²) in [5.74, 6) is 1.89. The van der Waals surface area contributed by atoms with Crippen molar-refractivity contribution < 1.29 is 0 Å². The molecule has 11 aromatic rings. The number of aromatic nitrogens is 3. The summed E-state index contributed by atoms with van der Waals surface area (Å²) in [5, 5.41) is 0. The number of nitrogens with zero attached hydrogens (tertiary/aromatic N) is 4. The molecule has 0 atom stereocenters. The van der Waals surface area contributed by atoms with Crippen molar-refractivity contribution in [3.8, 4) is 67.5 Å². The van der Waals surface area contributed by atoms with Crippen LogP contribution in [0.15, 0.2) is 267 Å². The quantitative estimate of drug-likeness (QED) is 0.137. The van der Waals surface area contributed by atoms with Gasteiger partial charge in [-0.25, -0.2) is 15.0 Å². The zero-order valence-corrected chi connectivity index (χ0v) is 39.2. The third kappa shape index (κ3) is 7.95. The van der Waals surface area contributed by atoms with Crippen molar-refractivity contribution in [2.75, 3.05) is 4.90 Å². The number of hydrogen-bond donors (Lipinski definition) is 0. The Kier molecular flexibility index (Phi) is 12.0. The van der Waals surface area contributed by atoms with Gasteiger partial charge in [-0.3, -0.25) is 0 Å². The lowest BCUT2D eigenvalue weighted by Gasteiger charge is -2.34. The first-order chi connectivity index (χ1) is 34.7. The molecule has 1 heterocycles. The lowest BCUT2D eigenvalue weighted by atomic mass is 9.68. The third-order valence-corrected chi connectivity index (χ3v) is 13.2. The monoisotopic (exact) mass is 898 g/mol. The van der Waals surface area contributed by atoms with Crippen molar-refractivity contribution in [3.63, 3.8) is 0 Å². The molecule has 4 heteroatoms. The molecule has 4 nitrogen and oxygen atoms in total. The van der Waals surface area contributed by atoms with Crippen LogP contribution in [0.2, 0.25) is 0 Å². The number of rotatable bonds is 10. The Morgan fingerprint density at radius 2 is 0.643 bits per heavy atom. The second kappa shape index (κ2) is 19.3. The summed E-state index contributed by atoms with van der Waals surface area (Å²) in [6.07, 6.45) is 0. The minimum Gasteiger partial charge on any atom is -0.310 e. The van der Waals surface area contributed by atoms with Crippen LogP contribution in [-0.4, -0.2) is 15.0 Å². The van der Waals surface area contributed by atoms with Gasteiger partial charge < -0.3 is 4.90 Å². The zero-order chi connectivity index (χ0) is 47.3. The molecule has 1 aromatic heterocycles. The van der Waals surface area contributed by atoms with Crippen LogP contribution in [0.3, 0.4) is 0 Å². The summed E-state index contributed by atoms with van der Waals surface area (Å²) in [7, 11) is 0. The minimum absolute atomic E-state index is 0.480. The van der Waals surface area contributed by atoms with E-state index < -0.39 is 5.41 Å². The van der Waals surface area contributed by atoms with Crippen LogP contribution in [0.5, 0.6) is 0 Å². The highest BCUT2D eigenvalue weighted by molar-refractivity contribution is 5.91. The Morgan fingerprint density at radius 3 is 1.17 bits per heavy atom. The molecule has 0 amide bonds. The van der Waals surface area contributed by atoms with Crippen LogP contribution < -0.4 is 4.90 Å². The number of fused-ring (bicyclic) bond motifs is 3. The fraction of sp³-hybridized carbons (Fsp3) is 0.0455. The maximum absolute atomic E-state index is 5.10. The van der Waals surface area contributed by atoms with Crippen molar-refractivity contribution in [1.29, 1.82) is 0 Å². The van der Waals surface area contributed by atoms with Crippen molar-refractivity contribution in [2.45, 2.75) is 19.3 Å². The zero-order valence-electron chi connectivity index (χ0n) is 39.2. The Bertz CT molecular complexity index is 3430. The van der Waals surface area contributed by atoms with Crippen LogP contribution in [0.4, 0.5) is 17.1 Å². The Hall–Kier alpha value is -8.99. The van der Waals surface area contributed by atoms with Crippen LogP contribution in [-0.2, 0) is 5.41 Å². The molecule has 0 spiro atoms. The molecule has 1 aliphatic carbocycles. The average Bonchev–Trinajstić information content (AvgIpc) is 3.75. The van der Waals surface area contributed by atoms with Gasteiger partial charge in [-0.05, 0) is 92.0 Å². The summed E-state index contributed by atoms with van der Waals surface area (Å²) < 4.78 is 0. The third-order valence-electron chi connectivity index (χ3n) is 13.2. The molecular weight excluding hydrogens is 849 g/mol. The number of benzene rings is 10. The van der Waals surface area contributed by atoms with Gasteiger partial charge in [0.1, 0.15) is 0 Å². The Morgan fingerprint density at radius 1 is 0.271 bits per heavy atom. The molecule has 0 bridgehead atoms. The van der Waals surface area contributed by atoms with Gasteiger partial charge in [0.15, 0.2) is 17.5 Å². The van der Waals surface area contributed by atoms with Crippen molar-refractivity contribution in [2.24, 2.45) is 0 Å². The molecule has 0 radical (unpaired) electrons. The fourth-order valence-electron chi connectivity index (χ4n) is 10.1. The van der Waals surface area contributed by atoms with Gasteiger partial charge in [0.05, 0.1) is 5.41 Å².